The molecule has 0 bridgehead atoms. The lowest BCUT2D eigenvalue weighted by atomic mass is 10.6. The molecular weight excluding hydrogens is 231 g/mol. The second-order valence-corrected chi connectivity index (χ2v) is 2.94. The zero-order chi connectivity index (χ0) is 8.43. The number of nitrogen functional groups attached to an aromatic ring is 1. The first kappa shape index (κ1) is 8.55. The van der Waals surface area contributed by atoms with Crippen molar-refractivity contribution in [3.63, 3.8) is 0 Å². The van der Waals surface area contributed by atoms with E-state index in [-0.39, 0.29) is 5.95 Å². The Bertz CT molecular complexity index is 277. The normalized spacial score (nSPS) is 9.73. The van der Waals surface area contributed by atoms with Crippen LogP contribution in [0.25, 0.3) is 0 Å². The quantitative estimate of drug-likeness (QED) is 0.727. The SMILES string of the molecule is CNc1nc(N)nc(Cl)c1Br. The van der Waals surface area contributed by atoms with Crippen LogP contribution in [0.2, 0.25) is 5.15 Å². The van der Waals surface area contributed by atoms with E-state index in [1.54, 1.807) is 7.05 Å². The number of nitrogens with two attached hydrogens (primary N) is 1. The molecule has 0 atom stereocenters. The summed E-state index contributed by atoms with van der Waals surface area (Å²) >= 11 is 8.88. The molecule has 6 heteroatoms. The van der Waals surface area contributed by atoms with E-state index in [1.165, 1.54) is 0 Å². The van der Waals surface area contributed by atoms with E-state index in [0.29, 0.717) is 15.4 Å². The van der Waals surface area contributed by atoms with Crippen LogP contribution in [0.4, 0.5) is 11.8 Å². The van der Waals surface area contributed by atoms with Crippen molar-refractivity contribution < 1.29 is 0 Å². The number of nitrogens with zero attached hydrogens (tertiary/aromatic N) is 2. The van der Waals surface area contributed by atoms with Gasteiger partial charge >= 0.3 is 0 Å². The molecular formula is C5H6BrClN4. The Balaban J connectivity index is 3.24. The third kappa shape index (κ3) is 1.72. The first-order valence-electron chi connectivity index (χ1n) is 2.81. The van der Waals surface area contributed by atoms with Crippen molar-refractivity contribution in [2.75, 3.05) is 18.1 Å². The van der Waals surface area contributed by atoms with E-state index in [1.807, 2.05) is 0 Å². The predicted molar refractivity (Wildman–Crippen MR) is 48.7 cm³/mol. The zero-order valence-electron chi connectivity index (χ0n) is 5.73. The second kappa shape index (κ2) is 3.23. The third-order valence-electron chi connectivity index (χ3n) is 1.06. The molecule has 1 aromatic heterocycles. The number of hydrogen-bond acceptors (Lipinski definition) is 4. The Hall–Kier alpha value is -0.550. The minimum atomic E-state index is 0.155. The van der Waals surface area contributed by atoms with Crippen LogP contribution in [0, 0.1) is 0 Å². The van der Waals surface area contributed by atoms with E-state index in [4.69, 9.17) is 17.3 Å². The molecule has 0 aromatic carbocycles. The lowest BCUT2D eigenvalue weighted by molar-refractivity contribution is 1.16. The number of aromatic nitrogens is 2. The van der Waals surface area contributed by atoms with Crippen molar-refractivity contribution in [1.29, 1.82) is 0 Å². The highest BCUT2D eigenvalue weighted by Crippen LogP contribution is 2.27. The molecule has 0 saturated heterocycles. The fraction of sp³-hybridized carbons (Fsp3) is 0.200. The summed E-state index contributed by atoms with van der Waals surface area (Å²) in [7, 11) is 1.73. The van der Waals surface area contributed by atoms with Gasteiger partial charge in [-0.3, -0.25) is 0 Å². The molecule has 0 spiro atoms. The molecule has 0 aliphatic carbocycles. The van der Waals surface area contributed by atoms with Crippen molar-refractivity contribution in [2.24, 2.45) is 0 Å². The van der Waals surface area contributed by atoms with Gasteiger partial charge in [-0.2, -0.15) is 9.97 Å². The van der Waals surface area contributed by atoms with Gasteiger partial charge in [-0.1, -0.05) is 11.6 Å². The van der Waals surface area contributed by atoms with Gasteiger partial charge < -0.3 is 11.1 Å². The van der Waals surface area contributed by atoms with Crippen LogP contribution in [0.15, 0.2) is 4.47 Å². The van der Waals surface area contributed by atoms with Crippen LogP contribution in [0.1, 0.15) is 0 Å². The largest absolute Gasteiger partial charge is 0.372 e. The molecule has 3 N–H and O–H groups in total. The lowest BCUT2D eigenvalue weighted by Crippen LogP contribution is -2.01. The van der Waals surface area contributed by atoms with Gasteiger partial charge in [0.25, 0.3) is 0 Å². The third-order valence-corrected chi connectivity index (χ3v) is 2.32. The van der Waals surface area contributed by atoms with Crippen molar-refractivity contribution in [2.45, 2.75) is 0 Å². The van der Waals surface area contributed by atoms with Gasteiger partial charge in [-0.15, -0.1) is 0 Å². The minimum Gasteiger partial charge on any atom is -0.372 e. The van der Waals surface area contributed by atoms with Crippen LogP contribution in [0.3, 0.4) is 0 Å². The molecule has 0 radical (unpaired) electrons. The fourth-order valence-electron chi connectivity index (χ4n) is 0.602. The monoisotopic (exact) mass is 236 g/mol. The van der Waals surface area contributed by atoms with E-state index in [9.17, 15) is 0 Å². The Kier molecular flexibility index (Phi) is 2.51. The summed E-state index contributed by atoms with van der Waals surface area (Å²) in [6, 6.07) is 0. The Morgan fingerprint density at radius 3 is 2.73 bits per heavy atom. The van der Waals surface area contributed by atoms with E-state index < -0.39 is 0 Å². The van der Waals surface area contributed by atoms with Crippen LogP contribution < -0.4 is 11.1 Å². The predicted octanol–water partition coefficient (Wildman–Crippen LogP) is 1.52. The summed E-state index contributed by atoms with van der Waals surface area (Å²) in [5.41, 5.74) is 5.34. The molecule has 0 aliphatic rings. The average molecular weight is 237 g/mol. The van der Waals surface area contributed by atoms with Crippen molar-refractivity contribution in [3.8, 4) is 0 Å². The molecule has 1 rings (SSSR count). The number of halogens is 2. The summed E-state index contributed by atoms with van der Waals surface area (Å²) < 4.78 is 0.621. The van der Waals surface area contributed by atoms with Gasteiger partial charge in [0.2, 0.25) is 5.95 Å². The van der Waals surface area contributed by atoms with Gasteiger partial charge in [-0.05, 0) is 15.9 Å². The van der Waals surface area contributed by atoms with Crippen LogP contribution in [-0.2, 0) is 0 Å². The Labute approximate surface area is 77.3 Å². The number of hydrogen-bond donors (Lipinski definition) is 2. The van der Waals surface area contributed by atoms with E-state index in [2.05, 4.69) is 31.2 Å². The molecule has 0 fully saturated rings. The highest BCUT2D eigenvalue weighted by molar-refractivity contribution is 9.10. The number of nitrogens with one attached hydrogen (secondary N) is 1. The summed E-state index contributed by atoms with van der Waals surface area (Å²) in [6.45, 7) is 0. The standard InChI is InChI=1S/C5H6BrClN4/c1-9-4-2(6)3(7)10-5(8)11-4/h1H3,(H3,8,9,10,11). The van der Waals surface area contributed by atoms with Crippen LogP contribution in [-0.4, -0.2) is 17.0 Å². The zero-order valence-corrected chi connectivity index (χ0v) is 8.07. The molecule has 4 nitrogen and oxygen atoms in total. The first-order valence-corrected chi connectivity index (χ1v) is 3.98. The molecule has 1 heterocycles. The second-order valence-electron chi connectivity index (χ2n) is 1.79. The topological polar surface area (TPSA) is 63.8 Å². The van der Waals surface area contributed by atoms with Crippen molar-refractivity contribution >= 4 is 39.3 Å². The van der Waals surface area contributed by atoms with Gasteiger partial charge in [0.05, 0.1) is 4.47 Å². The van der Waals surface area contributed by atoms with Crippen LogP contribution in [0.5, 0.6) is 0 Å². The van der Waals surface area contributed by atoms with Crippen LogP contribution >= 0.6 is 27.5 Å². The molecule has 0 saturated carbocycles. The molecule has 60 valence electrons. The summed E-state index contributed by atoms with van der Waals surface area (Å²) in [4.78, 5) is 7.60. The molecule has 0 unspecified atom stereocenters. The maximum Gasteiger partial charge on any atom is 0.223 e. The maximum absolute atomic E-state index is 5.68. The smallest absolute Gasteiger partial charge is 0.223 e. The Morgan fingerprint density at radius 2 is 2.18 bits per heavy atom. The first-order chi connectivity index (χ1) is 5.15. The summed E-state index contributed by atoms with van der Waals surface area (Å²) in [5.74, 6) is 0.741. The molecule has 11 heavy (non-hydrogen) atoms. The highest BCUT2D eigenvalue weighted by atomic mass is 79.9. The van der Waals surface area contributed by atoms with E-state index >= 15 is 0 Å². The Morgan fingerprint density at radius 1 is 1.55 bits per heavy atom. The van der Waals surface area contributed by atoms with Gasteiger partial charge in [0, 0.05) is 7.05 Å². The van der Waals surface area contributed by atoms with Crippen molar-refractivity contribution in [1.82, 2.24) is 9.97 Å². The molecule has 0 aliphatic heterocycles. The number of anilines is 2. The average Bonchev–Trinajstić information content (AvgIpc) is 1.96. The minimum absolute atomic E-state index is 0.155. The molecule has 0 amide bonds. The maximum atomic E-state index is 5.68. The lowest BCUT2D eigenvalue weighted by Gasteiger charge is -2.03. The van der Waals surface area contributed by atoms with Crippen molar-refractivity contribution in [3.05, 3.63) is 9.63 Å². The van der Waals surface area contributed by atoms with Gasteiger partial charge in [0.15, 0.2) is 5.15 Å². The highest BCUT2D eigenvalue weighted by Gasteiger charge is 2.06. The van der Waals surface area contributed by atoms with Gasteiger partial charge in [-0.25, -0.2) is 0 Å². The molecule has 1 aromatic rings. The van der Waals surface area contributed by atoms with E-state index in [0.717, 1.165) is 0 Å². The number of rotatable bonds is 1. The summed E-state index contributed by atoms with van der Waals surface area (Å²) in [6.07, 6.45) is 0. The fourth-order valence-corrected chi connectivity index (χ4v) is 1.15. The van der Waals surface area contributed by atoms with Gasteiger partial charge in [0.1, 0.15) is 5.82 Å². The summed E-state index contributed by atoms with van der Waals surface area (Å²) in [5, 5.41) is 3.12.